The zero-order valence-electron chi connectivity index (χ0n) is 18.1. The summed E-state index contributed by atoms with van der Waals surface area (Å²) in [6.45, 7) is 7.85. The minimum Gasteiger partial charge on any atom is -0.496 e. The Labute approximate surface area is 174 Å². The number of carbonyl (C=O) groups excluding carboxylic acids is 2. The van der Waals surface area contributed by atoms with Gasteiger partial charge in [0.2, 0.25) is 11.8 Å². The van der Waals surface area contributed by atoms with Crippen molar-refractivity contribution in [3.63, 3.8) is 0 Å². The number of methoxy groups -OCH3 is 1. The molecule has 1 atom stereocenters. The Kier molecular flexibility index (Phi) is 7.53. The van der Waals surface area contributed by atoms with Gasteiger partial charge in [-0.25, -0.2) is 0 Å². The molecule has 2 aliphatic heterocycles. The molecule has 0 unspecified atom stereocenters. The summed E-state index contributed by atoms with van der Waals surface area (Å²) in [4.78, 5) is 29.8. The maximum Gasteiger partial charge on any atom is 0.237 e. The van der Waals surface area contributed by atoms with Crippen LogP contribution in [0.25, 0.3) is 0 Å². The van der Waals surface area contributed by atoms with E-state index in [1.54, 1.807) is 7.11 Å². The number of piperazine rings is 1. The Balaban J connectivity index is 1.71. The van der Waals surface area contributed by atoms with Gasteiger partial charge in [0, 0.05) is 32.7 Å². The molecule has 1 aromatic rings. The van der Waals surface area contributed by atoms with E-state index in [0.29, 0.717) is 13.1 Å². The van der Waals surface area contributed by atoms with Crippen LogP contribution in [-0.4, -0.2) is 60.9 Å². The molecule has 29 heavy (non-hydrogen) atoms. The largest absolute Gasteiger partial charge is 0.496 e. The van der Waals surface area contributed by atoms with Gasteiger partial charge in [-0.15, -0.1) is 0 Å². The summed E-state index contributed by atoms with van der Waals surface area (Å²) in [5.74, 6) is 0.965. The molecule has 0 bridgehead atoms. The normalized spacial score (nSPS) is 21.3. The van der Waals surface area contributed by atoms with E-state index < -0.39 is 6.04 Å². The molecule has 6 nitrogen and oxygen atoms in total. The molecule has 0 aliphatic carbocycles. The number of amides is 2. The summed E-state index contributed by atoms with van der Waals surface area (Å²) in [5.41, 5.74) is 3.49. The van der Waals surface area contributed by atoms with Crippen molar-refractivity contribution in [2.75, 3.05) is 33.3 Å². The van der Waals surface area contributed by atoms with Crippen LogP contribution >= 0.6 is 0 Å². The quantitative estimate of drug-likeness (QED) is 0.824. The molecule has 2 aliphatic rings. The van der Waals surface area contributed by atoms with Crippen molar-refractivity contribution in [3.8, 4) is 5.75 Å². The summed E-state index contributed by atoms with van der Waals surface area (Å²) in [5, 5.41) is 2.95. The lowest BCUT2D eigenvalue weighted by Crippen LogP contribution is -2.56. The first kappa shape index (κ1) is 21.6. The predicted octanol–water partition coefficient (Wildman–Crippen LogP) is 2.80. The van der Waals surface area contributed by atoms with Crippen molar-refractivity contribution in [3.05, 3.63) is 28.8 Å². The van der Waals surface area contributed by atoms with E-state index in [4.69, 9.17) is 4.74 Å². The molecule has 0 aromatic heterocycles. The first-order valence-corrected chi connectivity index (χ1v) is 10.9. The molecule has 2 fully saturated rings. The number of ether oxygens (including phenoxy) is 1. The SMILES string of the molecule is COc1ccc(CN2CCNC(=O)[C@@H]2CC(=O)N2CCCCCCC2)c(C)c1C. The summed E-state index contributed by atoms with van der Waals surface area (Å²) in [6, 6.07) is 3.66. The summed E-state index contributed by atoms with van der Waals surface area (Å²) < 4.78 is 5.42. The highest BCUT2D eigenvalue weighted by molar-refractivity contribution is 5.88. The van der Waals surface area contributed by atoms with Gasteiger partial charge in [0.1, 0.15) is 5.75 Å². The number of carbonyl (C=O) groups is 2. The lowest BCUT2D eigenvalue weighted by Gasteiger charge is -2.36. The molecule has 2 saturated heterocycles. The highest BCUT2D eigenvalue weighted by Gasteiger charge is 2.33. The first-order chi connectivity index (χ1) is 14.0. The van der Waals surface area contributed by atoms with E-state index in [1.807, 2.05) is 11.0 Å². The first-order valence-electron chi connectivity index (χ1n) is 10.9. The van der Waals surface area contributed by atoms with Gasteiger partial charge in [0.15, 0.2) is 0 Å². The Hall–Kier alpha value is -2.08. The van der Waals surface area contributed by atoms with Crippen LogP contribution in [0.5, 0.6) is 5.75 Å². The fraction of sp³-hybridized carbons (Fsp3) is 0.652. The van der Waals surface area contributed by atoms with Crippen LogP contribution in [0, 0.1) is 13.8 Å². The van der Waals surface area contributed by atoms with Gasteiger partial charge in [-0.05, 0) is 49.4 Å². The molecule has 0 radical (unpaired) electrons. The highest BCUT2D eigenvalue weighted by Crippen LogP contribution is 2.26. The summed E-state index contributed by atoms with van der Waals surface area (Å²) in [6.07, 6.45) is 6.04. The Morgan fingerprint density at radius 3 is 2.45 bits per heavy atom. The monoisotopic (exact) mass is 401 g/mol. The molecule has 3 rings (SSSR count). The van der Waals surface area contributed by atoms with Crippen LogP contribution in [0.1, 0.15) is 55.2 Å². The minimum atomic E-state index is -0.400. The average molecular weight is 402 g/mol. The minimum absolute atomic E-state index is 0.0282. The van der Waals surface area contributed by atoms with Gasteiger partial charge in [0.05, 0.1) is 19.6 Å². The second-order valence-corrected chi connectivity index (χ2v) is 8.31. The van der Waals surface area contributed by atoms with Gasteiger partial charge in [0.25, 0.3) is 0 Å². The van der Waals surface area contributed by atoms with E-state index in [1.165, 1.54) is 30.4 Å². The Morgan fingerprint density at radius 2 is 1.76 bits per heavy atom. The van der Waals surface area contributed by atoms with Gasteiger partial charge in [-0.1, -0.05) is 25.3 Å². The fourth-order valence-electron chi connectivity index (χ4n) is 4.43. The number of benzene rings is 1. The van der Waals surface area contributed by atoms with E-state index in [9.17, 15) is 9.59 Å². The van der Waals surface area contributed by atoms with Crippen LogP contribution in [0.3, 0.4) is 0 Å². The molecule has 0 spiro atoms. The Bertz CT molecular complexity index is 726. The molecule has 6 heteroatoms. The second-order valence-electron chi connectivity index (χ2n) is 8.31. The number of hydrogen-bond donors (Lipinski definition) is 1. The topological polar surface area (TPSA) is 61.9 Å². The lowest BCUT2D eigenvalue weighted by molar-refractivity contribution is -0.139. The van der Waals surface area contributed by atoms with Crippen molar-refractivity contribution in [1.29, 1.82) is 0 Å². The molecule has 2 amide bonds. The van der Waals surface area contributed by atoms with Crippen molar-refractivity contribution in [1.82, 2.24) is 15.1 Å². The standard InChI is InChI=1S/C23H35N3O3/c1-17-18(2)21(29-3)10-9-19(17)16-26-14-11-24-23(28)20(26)15-22(27)25-12-7-5-4-6-8-13-25/h9-10,20H,4-8,11-16H2,1-3H3,(H,24,28)/t20-/m0/s1. The summed E-state index contributed by atoms with van der Waals surface area (Å²) in [7, 11) is 1.68. The third kappa shape index (κ3) is 5.30. The van der Waals surface area contributed by atoms with Crippen LogP contribution in [0.15, 0.2) is 12.1 Å². The van der Waals surface area contributed by atoms with E-state index >= 15 is 0 Å². The van der Waals surface area contributed by atoms with E-state index in [2.05, 4.69) is 30.1 Å². The van der Waals surface area contributed by atoms with Gasteiger partial charge in [-0.2, -0.15) is 0 Å². The third-order valence-corrected chi connectivity index (χ3v) is 6.46. The molecule has 1 N–H and O–H groups in total. The highest BCUT2D eigenvalue weighted by atomic mass is 16.5. The molecular formula is C23H35N3O3. The maximum absolute atomic E-state index is 13.0. The zero-order chi connectivity index (χ0) is 20.8. The predicted molar refractivity (Wildman–Crippen MR) is 114 cm³/mol. The molecule has 160 valence electrons. The van der Waals surface area contributed by atoms with E-state index in [-0.39, 0.29) is 18.2 Å². The van der Waals surface area contributed by atoms with Gasteiger partial charge < -0.3 is 15.0 Å². The molecule has 2 heterocycles. The summed E-state index contributed by atoms with van der Waals surface area (Å²) >= 11 is 0. The van der Waals surface area contributed by atoms with Crippen LogP contribution < -0.4 is 10.1 Å². The third-order valence-electron chi connectivity index (χ3n) is 6.46. The lowest BCUT2D eigenvalue weighted by atomic mass is 9.99. The average Bonchev–Trinajstić information content (AvgIpc) is 2.68. The smallest absolute Gasteiger partial charge is 0.237 e. The van der Waals surface area contributed by atoms with Crippen molar-refractivity contribution in [2.24, 2.45) is 0 Å². The maximum atomic E-state index is 13.0. The van der Waals surface area contributed by atoms with Crippen LogP contribution in [-0.2, 0) is 16.1 Å². The van der Waals surface area contributed by atoms with Crippen molar-refractivity contribution < 1.29 is 14.3 Å². The van der Waals surface area contributed by atoms with Crippen LogP contribution in [0.4, 0.5) is 0 Å². The number of rotatable bonds is 5. The fourth-order valence-corrected chi connectivity index (χ4v) is 4.43. The Morgan fingerprint density at radius 1 is 1.07 bits per heavy atom. The van der Waals surface area contributed by atoms with Gasteiger partial charge in [-0.3, -0.25) is 14.5 Å². The van der Waals surface area contributed by atoms with Crippen LogP contribution in [0.2, 0.25) is 0 Å². The van der Waals surface area contributed by atoms with Crippen molar-refractivity contribution in [2.45, 2.75) is 65.0 Å². The van der Waals surface area contributed by atoms with Crippen molar-refractivity contribution >= 4 is 11.8 Å². The molecule has 0 saturated carbocycles. The molecular weight excluding hydrogens is 366 g/mol. The second kappa shape index (κ2) is 10.1. The number of hydrogen-bond acceptors (Lipinski definition) is 4. The number of nitrogens with one attached hydrogen (secondary N) is 1. The number of nitrogens with zero attached hydrogens (tertiary/aromatic N) is 2. The van der Waals surface area contributed by atoms with Gasteiger partial charge >= 0.3 is 0 Å². The molecule has 1 aromatic carbocycles. The number of likely N-dealkylation sites (tertiary alicyclic amines) is 1. The van der Waals surface area contributed by atoms with E-state index in [0.717, 1.165) is 43.8 Å². The zero-order valence-corrected chi connectivity index (χ0v) is 18.1.